The molecule has 5 unspecified atom stereocenters. The summed E-state index contributed by atoms with van der Waals surface area (Å²) in [6, 6.07) is 1.21. The number of rotatable bonds is 4. The highest BCUT2D eigenvalue weighted by atomic mass is 16.7. The van der Waals surface area contributed by atoms with Gasteiger partial charge in [0, 0.05) is 36.9 Å². The first kappa shape index (κ1) is 13.8. The van der Waals surface area contributed by atoms with E-state index in [1.807, 2.05) is 6.07 Å². The van der Waals surface area contributed by atoms with Gasteiger partial charge in [0.15, 0.2) is 6.29 Å². The number of aromatic nitrogens is 4. The highest BCUT2D eigenvalue weighted by Crippen LogP contribution is 2.35. The zero-order chi connectivity index (χ0) is 14.9. The molecule has 22 heavy (non-hydrogen) atoms. The van der Waals surface area contributed by atoms with Gasteiger partial charge in [0.1, 0.15) is 18.5 Å². The van der Waals surface area contributed by atoms with Crippen LogP contribution in [0.1, 0.15) is 11.6 Å². The number of fused-ring (bicyclic) bond motifs is 2. The van der Waals surface area contributed by atoms with Crippen LogP contribution in [0, 0.1) is 0 Å². The molecule has 0 radical (unpaired) electrons. The van der Waals surface area contributed by atoms with E-state index >= 15 is 0 Å². The summed E-state index contributed by atoms with van der Waals surface area (Å²) in [6.07, 6.45) is 7.18. The van der Waals surface area contributed by atoms with Gasteiger partial charge in [-0.1, -0.05) is 0 Å². The summed E-state index contributed by atoms with van der Waals surface area (Å²) in [5.74, 6) is 0. The maximum absolute atomic E-state index is 10.7. The lowest BCUT2D eigenvalue weighted by Crippen LogP contribution is -2.57. The molecule has 0 aromatic carbocycles. The van der Waals surface area contributed by atoms with Crippen LogP contribution in [0.5, 0.6) is 0 Å². The number of aliphatic hydroxyl groups is 1. The van der Waals surface area contributed by atoms with Gasteiger partial charge < -0.3 is 19.9 Å². The summed E-state index contributed by atoms with van der Waals surface area (Å²) in [7, 11) is 0. The number of nitrogens with one attached hydrogen (secondary N) is 1. The molecule has 116 valence electrons. The SMILES string of the molecule is OC1C(NCc2cncnc2)C2COC(O2)C1n1cccn1. The molecule has 0 amide bonds. The first-order valence-electron chi connectivity index (χ1n) is 7.24. The topological polar surface area (TPSA) is 94.3 Å². The summed E-state index contributed by atoms with van der Waals surface area (Å²) in [6.45, 7) is 1.02. The molecule has 4 heterocycles. The van der Waals surface area contributed by atoms with E-state index in [1.54, 1.807) is 29.5 Å². The Morgan fingerprint density at radius 3 is 3.00 bits per heavy atom. The summed E-state index contributed by atoms with van der Waals surface area (Å²) >= 11 is 0. The molecule has 2 saturated heterocycles. The second-order valence-corrected chi connectivity index (χ2v) is 5.50. The van der Waals surface area contributed by atoms with Crippen molar-refractivity contribution in [2.75, 3.05) is 6.61 Å². The van der Waals surface area contributed by atoms with Gasteiger partial charge in [-0.05, 0) is 6.07 Å². The largest absolute Gasteiger partial charge is 0.389 e. The molecule has 2 aliphatic rings. The molecule has 4 rings (SSSR count). The average molecular weight is 303 g/mol. The van der Waals surface area contributed by atoms with E-state index in [-0.39, 0.29) is 18.2 Å². The van der Waals surface area contributed by atoms with Crippen molar-refractivity contribution in [1.82, 2.24) is 25.1 Å². The Morgan fingerprint density at radius 2 is 2.23 bits per heavy atom. The minimum Gasteiger partial charge on any atom is -0.389 e. The zero-order valence-electron chi connectivity index (χ0n) is 11.8. The van der Waals surface area contributed by atoms with Gasteiger partial charge >= 0.3 is 0 Å². The smallest absolute Gasteiger partial charge is 0.183 e. The second kappa shape index (κ2) is 5.73. The molecule has 2 N–H and O–H groups in total. The third-order valence-electron chi connectivity index (χ3n) is 4.12. The van der Waals surface area contributed by atoms with Crippen molar-refractivity contribution in [3.8, 4) is 0 Å². The molecule has 8 nitrogen and oxygen atoms in total. The number of ether oxygens (including phenoxy) is 2. The van der Waals surface area contributed by atoms with Crippen LogP contribution in [0.2, 0.25) is 0 Å². The van der Waals surface area contributed by atoms with Crippen LogP contribution in [0.15, 0.2) is 37.2 Å². The van der Waals surface area contributed by atoms with Crippen LogP contribution < -0.4 is 5.32 Å². The fourth-order valence-electron chi connectivity index (χ4n) is 3.05. The molecule has 2 aliphatic heterocycles. The molecule has 2 aromatic rings. The number of aliphatic hydroxyl groups excluding tert-OH is 1. The predicted molar refractivity (Wildman–Crippen MR) is 74.5 cm³/mol. The monoisotopic (exact) mass is 303 g/mol. The predicted octanol–water partition coefficient (Wildman–Crippen LogP) is -0.511. The van der Waals surface area contributed by atoms with E-state index in [0.29, 0.717) is 13.2 Å². The summed E-state index contributed by atoms with van der Waals surface area (Å²) in [5, 5.41) is 18.3. The Balaban J connectivity index is 1.51. The van der Waals surface area contributed by atoms with Gasteiger partial charge in [0.25, 0.3) is 0 Å². The second-order valence-electron chi connectivity index (χ2n) is 5.50. The van der Waals surface area contributed by atoms with Crippen molar-refractivity contribution in [3.63, 3.8) is 0 Å². The highest BCUT2D eigenvalue weighted by Gasteiger charge is 2.50. The van der Waals surface area contributed by atoms with Gasteiger partial charge in [0.2, 0.25) is 0 Å². The molecule has 2 bridgehead atoms. The summed E-state index contributed by atoms with van der Waals surface area (Å²) in [4.78, 5) is 7.97. The summed E-state index contributed by atoms with van der Waals surface area (Å²) in [5.41, 5.74) is 0.950. The van der Waals surface area contributed by atoms with Crippen molar-refractivity contribution in [2.45, 2.75) is 37.1 Å². The van der Waals surface area contributed by atoms with Crippen LogP contribution in [0.4, 0.5) is 0 Å². The van der Waals surface area contributed by atoms with Crippen LogP contribution in [0.25, 0.3) is 0 Å². The lowest BCUT2D eigenvalue weighted by atomic mass is 9.96. The van der Waals surface area contributed by atoms with Gasteiger partial charge in [-0.15, -0.1) is 0 Å². The first-order valence-corrected chi connectivity index (χ1v) is 7.24. The third-order valence-corrected chi connectivity index (χ3v) is 4.12. The van der Waals surface area contributed by atoms with E-state index in [0.717, 1.165) is 5.56 Å². The Hall–Kier alpha value is -1.87. The maximum atomic E-state index is 10.7. The van der Waals surface area contributed by atoms with E-state index in [9.17, 15) is 5.11 Å². The molecular formula is C14H17N5O3. The Kier molecular flexibility index (Phi) is 3.59. The third kappa shape index (κ3) is 2.40. The number of hydrogen-bond donors (Lipinski definition) is 2. The van der Waals surface area contributed by atoms with E-state index in [4.69, 9.17) is 9.47 Å². The zero-order valence-corrected chi connectivity index (χ0v) is 11.8. The number of nitrogens with zero attached hydrogens (tertiary/aromatic N) is 4. The molecule has 0 aliphatic carbocycles. The number of hydrogen-bond acceptors (Lipinski definition) is 7. The van der Waals surface area contributed by atoms with Gasteiger partial charge in [-0.2, -0.15) is 5.10 Å². The van der Waals surface area contributed by atoms with Crippen molar-refractivity contribution in [1.29, 1.82) is 0 Å². The molecule has 8 heteroatoms. The lowest BCUT2D eigenvalue weighted by molar-refractivity contribution is -0.168. The van der Waals surface area contributed by atoms with Crippen molar-refractivity contribution < 1.29 is 14.6 Å². The molecule has 2 fully saturated rings. The fourth-order valence-corrected chi connectivity index (χ4v) is 3.05. The molecular weight excluding hydrogens is 286 g/mol. The maximum Gasteiger partial charge on any atom is 0.183 e. The van der Waals surface area contributed by atoms with E-state index in [2.05, 4.69) is 20.4 Å². The fraction of sp³-hybridized carbons (Fsp3) is 0.500. The minimum absolute atomic E-state index is 0.170. The van der Waals surface area contributed by atoms with Gasteiger partial charge in [0.05, 0.1) is 18.8 Å². The molecule has 0 spiro atoms. The molecule has 2 aromatic heterocycles. The molecule has 5 atom stereocenters. The quantitative estimate of drug-likeness (QED) is 0.785. The Labute approximate surface area is 127 Å². The van der Waals surface area contributed by atoms with Crippen molar-refractivity contribution >= 4 is 0 Å². The normalized spacial score (nSPS) is 34.0. The first-order chi connectivity index (χ1) is 10.8. The van der Waals surface area contributed by atoms with Gasteiger partial charge in [-0.25, -0.2) is 9.97 Å². The Bertz CT molecular complexity index is 608. The van der Waals surface area contributed by atoms with Crippen LogP contribution >= 0.6 is 0 Å². The van der Waals surface area contributed by atoms with Crippen molar-refractivity contribution in [3.05, 3.63) is 42.7 Å². The van der Waals surface area contributed by atoms with E-state index in [1.165, 1.54) is 6.33 Å². The van der Waals surface area contributed by atoms with Crippen molar-refractivity contribution in [2.24, 2.45) is 0 Å². The highest BCUT2D eigenvalue weighted by molar-refractivity contribution is 5.05. The Morgan fingerprint density at radius 1 is 1.36 bits per heavy atom. The van der Waals surface area contributed by atoms with Crippen LogP contribution in [0.3, 0.4) is 0 Å². The van der Waals surface area contributed by atoms with Crippen LogP contribution in [-0.4, -0.2) is 56.0 Å². The minimum atomic E-state index is -0.657. The van der Waals surface area contributed by atoms with Crippen LogP contribution in [-0.2, 0) is 16.0 Å². The average Bonchev–Trinajstić information content (AvgIpc) is 3.20. The molecule has 0 saturated carbocycles. The standard InChI is InChI=1S/C14H17N5O3/c20-13-11(17-6-9-4-15-8-16-5-9)10-7-21-14(22-10)12(13)19-3-1-2-18-19/h1-5,8,10-14,17,20H,6-7H2. The van der Waals surface area contributed by atoms with E-state index < -0.39 is 12.4 Å². The van der Waals surface area contributed by atoms with Gasteiger partial charge in [-0.3, -0.25) is 4.68 Å². The summed E-state index contributed by atoms with van der Waals surface area (Å²) < 4.78 is 13.2. The lowest BCUT2D eigenvalue weighted by Gasteiger charge is -2.38.